The Morgan fingerprint density at radius 3 is 2.43 bits per heavy atom. The number of nitrogens with zero attached hydrogens (tertiary/aromatic N) is 1. The maximum atomic E-state index is 5.94. The van der Waals surface area contributed by atoms with E-state index in [0.29, 0.717) is 5.92 Å². The van der Waals surface area contributed by atoms with Crippen LogP contribution in [0.15, 0.2) is 72.5 Å². The first-order valence-electron chi connectivity index (χ1n) is 11.4. The van der Waals surface area contributed by atoms with E-state index >= 15 is 0 Å². The molecule has 0 aromatic heterocycles. The minimum absolute atomic E-state index is 0.678. The van der Waals surface area contributed by atoms with Crippen LogP contribution in [-0.2, 0) is 6.54 Å². The van der Waals surface area contributed by atoms with Crippen LogP contribution < -0.4 is 10.1 Å². The Bertz CT molecular complexity index is 830. The van der Waals surface area contributed by atoms with Crippen molar-refractivity contribution in [1.29, 1.82) is 0 Å². The van der Waals surface area contributed by atoms with Crippen LogP contribution in [0.3, 0.4) is 0 Å². The van der Waals surface area contributed by atoms with Gasteiger partial charge in [0.1, 0.15) is 11.5 Å². The van der Waals surface area contributed by atoms with E-state index < -0.39 is 0 Å². The molecule has 0 bridgehead atoms. The van der Waals surface area contributed by atoms with Crippen molar-refractivity contribution in [2.75, 3.05) is 25.5 Å². The lowest BCUT2D eigenvalue weighted by Crippen LogP contribution is -2.32. The van der Waals surface area contributed by atoms with Gasteiger partial charge in [-0.2, -0.15) is 0 Å². The Morgan fingerprint density at radius 1 is 1.00 bits per heavy atom. The Hall–Kier alpha value is -2.52. The normalized spacial score (nSPS) is 17.0. The molecular weight excluding hydrogens is 368 g/mol. The molecule has 0 spiro atoms. The summed E-state index contributed by atoms with van der Waals surface area (Å²) >= 11 is 0. The van der Waals surface area contributed by atoms with Crippen LogP contribution in [-0.4, -0.2) is 25.0 Å². The van der Waals surface area contributed by atoms with Crippen LogP contribution in [0.5, 0.6) is 5.75 Å². The summed E-state index contributed by atoms with van der Waals surface area (Å²) in [5, 5.41) is 3.25. The second-order valence-electron chi connectivity index (χ2n) is 7.76. The zero-order valence-corrected chi connectivity index (χ0v) is 18.7. The molecule has 4 rings (SSSR count). The number of ether oxygens (including phenoxy) is 1. The van der Waals surface area contributed by atoms with E-state index in [1.807, 2.05) is 20.9 Å². The first kappa shape index (κ1) is 22.2. The Labute approximate surface area is 182 Å². The first-order valence-corrected chi connectivity index (χ1v) is 11.4. The molecule has 3 heteroatoms. The fourth-order valence-corrected chi connectivity index (χ4v) is 4.09. The molecule has 1 aliphatic heterocycles. The van der Waals surface area contributed by atoms with Crippen LogP contribution in [0.1, 0.15) is 56.6 Å². The van der Waals surface area contributed by atoms with Crippen molar-refractivity contribution in [2.45, 2.75) is 52.0 Å². The molecule has 2 aromatic rings. The summed E-state index contributed by atoms with van der Waals surface area (Å²) in [5.41, 5.74) is 4.04. The standard InChI is InChI=1S/C25H30N2O.C2H6/c1-26-23-7-5-6-22(18-23)21-14-16-27(17-15-21)19-20-10-12-25(13-11-20)28-24-8-3-2-4-9-24;1-2/h3,5-13,18,21,26H,2,4,14-17,19H2,1H3;1-2H3. The van der Waals surface area contributed by atoms with E-state index in [1.54, 1.807) is 0 Å². The SMILES string of the molecule is CC.CNc1cccc(C2CCN(Cc3ccc(OC4=CCCC=C4)cc3)CC2)c1. The van der Waals surface area contributed by atoms with Crippen molar-refractivity contribution in [3.8, 4) is 5.75 Å². The van der Waals surface area contributed by atoms with E-state index in [4.69, 9.17) is 4.74 Å². The second-order valence-corrected chi connectivity index (χ2v) is 7.76. The molecule has 1 saturated heterocycles. The van der Waals surface area contributed by atoms with E-state index in [0.717, 1.165) is 44.0 Å². The Morgan fingerprint density at radius 2 is 1.77 bits per heavy atom. The molecule has 30 heavy (non-hydrogen) atoms. The molecular formula is C27H36N2O. The molecule has 0 atom stereocenters. The van der Waals surface area contributed by atoms with Crippen molar-refractivity contribution in [3.63, 3.8) is 0 Å². The predicted octanol–water partition coefficient (Wildman–Crippen LogP) is 6.75. The van der Waals surface area contributed by atoms with Gasteiger partial charge in [0.05, 0.1) is 0 Å². The van der Waals surface area contributed by atoms with Gasteiger partial charge in [-0.05, 0) is 92.2 Å². The van der Waals surface area contributed by atoms with Gasteiger partial charge in [-0.25, -0.2) is 0 Å². The van der Waals surface area contributed by atoms with Gasteiger partial charge in [0.15, 0.2) is 0 Å². The van der Waals surface area contributed by atoms with Crippen molar-refractivity contribution < 1.29 is 4.74 Å². The highest BCUT2D eigenvalue weighted by molar-refractivity contribution is 5.46. The van der Waals surface area contributed by atoms with Gasteiger partial charge < -0.3 is 10.1 Å². The minimum Gasteiger partial charge on any atom is -0.458 e. The van der Waals surface area contributed by atoms with Gasteiger partial charge in [0.2, 0.25) is 0 Å². The molecule has 0 amide bonds. The quantitative estimate of drug-likeness (QED) is 0.576. The third-order valence-electron chi connectivity index (χ3n) is 5.76. The molecule has 2 aliphatic rings. The summed E-state index contributed by atoms with van der Waals surface area (Å²) in [7, 11) is 1.99. The van der Waals surface area contributed by atoms with Crippen LogP contribution in [0.25, 0.3) is 0 Å². The number of allylic oxidation sites excluding steroid dienone is 3. The van der Waals surface area contributed by atoms with Crippen LogP contribution in [0.4, 0.5) is 5.69 Å². The molecule has 160 valence electrons. The average Bonchev–Trinajstić information content (AvgIpc) is 2.83. The molecule has 2 aromatic carbocycles. The van der Waals surface area contributed by atoms with Crippen LogP contribution >= 0.6 is 0 Å². The molecule has 0 saturated carbocycles. The number of nitrogens with one attached hydrogen (secondary N) is 1. The van der Waals surface area contributed by atoms with Crippen molar-refractivity contribution in [3.05, 3.63) is 83.6 Å². The fourth-order valence-electron chi connectivity index (χ4n) is 4.09. The molecule has 1 heterocycles. The Balaban J connectivity index is 0.00000124. The van der Waals surface area contributed by atoms with Gasteiger partial charge in [0.25, 0.3) is 0 Å². The highest BCUT2D eigenvalue weighted by Gasteiger charge is 2.20. The molecule has 0 unspecified atom stereocenters. The van der Waals surface area contributed by atoms with Gasteiger partial charge in [-0.1, -0.05) is 44.2 Å². The summed E-state index contributed by atoms with van der Waals surface area (Å²) < 4.78 is 5.94. The number of hydrogen-bond donors (Lipinski definition) is 1. The molecule has 3 nitrogen and oxygen atoms in total. The third kappa shape index (κ3) is 6.24. The summed E-state index contributed by atoms with van der Waals surface area (Å²) in [6.07, 6.45) is 11.0. The monoisotopic (exact) mass is 404 g/mol. The summed E-state index contributed by atoms with van der Waals surface area (Å²) in [4.78, 5) is 2.57. The lowest BCUT2D eigenvalue weighted by molar-refractivity contribution is 0.204. The number of hydrogen-bond acceptors (Lipinski definition) is 3. The summed E-state index contributed by atoms with van der Waals surface area (Å²) in [6.45, 7) is 7.33. The average molecular weight is 405 g/mol. The second kappa shape index (κ2) is 11.6. The smallest absolute Gasteiger partial charge is 0.127 e. The van der Waals surface area contributed by atoms with E-state index in [1.165, 1.54) is 29.7 Å². The fraction of sp³-hybridized carbons (Fsp3) is 0.407. The highest BCUT2D eigenvalue weighted by Crippen LogP contribution is 2.30. The van der Waals surface area contributed by atoms with Gasteiger partial charge in [-0.15, -0.1) is 0 Å². The van der Waals surface area contributed by atoms with Crippen LogP contribution in [0.2, 0.25) is 0 Å². The van der Waals surface area contributed by atoms with Gasteiger partial charge >= 0.3 is 0 Å². The largest absolute Gasteiger partial charge is 0.458 e. The van der Waals surface area contributed by atoms with Gasteiger partial charge in [0, 0.05) is 19.3 Å². The molecule has 1 N–H and O–H groups in total. The lowest BCUT2D eigenvalue weighted by Gasteiger charge is -2.32. The first-order chi connectivity index (χ1) is 14.8. The molecule has 0 radical (unpaired) electrons. The molecule has 1 aliphatic carbocycles. The summed E-state index contributed by atoms with van der Waals surface area (Å²) in [6, 6.07) is 17.5. The maximum absolute atomic E-state index is 5.94. The zero-order valence-electron chi connectivity index (χ0n) is 18.7. The van der Waals surface area contributed by atoms with E-state index in [2.05, 4.69) is 77.0 Å². The lowest BCUT2D eigenvalue weighted by atomic mass is 9.89. The highest BCUT2D eigenvalue weighted by atomic mass is 16.5. The van der Waals surface area contributed by atoms with Crippen molar-refractivity contribution >= 4 is 5.69 Å². The topological polar surface area (TPSA) is 24.5 Å². The minimum atomic E-state index is 0.678. The van der Waals surface area contributed by atoms with Crippen LogP contribution in [0, 0.1) is 0 Å². The van der Waals surface area contributed by atoms with Crippen molar-refractivity contribution in [2.24, 2.45) is 0 Å². The predicted molar refractivity (Wildman–Crippen MR) is 128 cm³/mol. The Kier molecular flexibility index (Phi) is 8.58. The summed E-state index contributed by atoms with van der Waals surface area (Å²) in [5.74, 6) is 2.56. The van der Waals surface area contributed by atoms with Gasteiger partial charge in [-0.3, -0.25) is 4.90 Å². The number of piperidine rings is 1. The number of anilines is 1. The van der Waals surface area contributed by atoms with Crippen molar-refractivity contribution in [1.82, 2.24) is 4.90 Å². The third-order valence-corrected chi connectivity index (χ3v) is 5.76. The number of benzene rings is 2. The number of rotatable bonds is 6. The van der Waals surface area contributed by atoms with E-state index in [9.17, 15) is 0 Å². The number of likely N-dealkylation sites (tertiary alicyclic amines) is 1. The zero-order chi connectivity index (χ0) is 21.2. The molecule has 1 fully saturated rings. The van der Waals surface area contributed by atoms with E-state index in [-0.39, 0.29) is 0 Å². The maximum Gasteiger partial charge on any atom is 0.127 e.